The zero-order valence-electron chi connectivity index (χ0n) is 21.6. The SMILES string of the molecule is CCOc1cc(C2C3=C(CCCC3=O)N(C)C3=C2C(=O)CCC3)cc(Br)c1OCC(=O)Nc1ccccc1. The minimum Gasteiger partial charge on any atom is -0.490 e. The highest BCUT2D eigenvalue weighted by molar-refractivity contribution is 9.10. The number of allylic oxidation sites excluding steroid dienone is 4. The van der Waals surface area contributed by atoms with Crippen LogP contribution in [0.5, 0.6) is 11.5 Å². The fourth-order valence-electron chi connectivity index (χ4n) is 5.70. The molecular weight excluding hydrogens is 548 g/mol. The van der Waals surface area contributed by atoms with E-state index >= 15 is 0 Å². The van der Waals surface area contributed by atoms with Crippen LogP contribution in [0.3, 0.4) is 0 Å². The predicted molar refractivity (Wildman–Crippen MR) is 148 cm³/mol. The number of halogens is 1. The Morgan fingerprint density at radius 2 is 1.61 bits per heavy atom. The number of nitrogens with zero attached hydrogens (tertiary/aromatic N) is 1. The maximum Gasteiger partial charge on any atom is 0.262 e. The van der Waals surface area contributed by atoms with Crippen LogP contribution in [0.25, 0.3) is 0 Å². The lowest BCUT2D eigenvalue weighted by Gasteiger charge is -2.42. The molecule has 0 unspecified atom stereocenters. The highest BCUT2D eigenvalue weighted by Crippen LogP contribution is 2.50. The number of amides is 1. The van der Waals surface area contributed by atoms with E-state index in [1.807, 2.05) is 44.3 Å². The summed E-state index contributed by atoms with van der Waals surface area (Å²) >= 11 is 3.62. The van der Waals surface area contributed by atoms with Crippen LogP contribution >= 0.6 is 15.9 Å². The Balaban J connectivity index is 1.51. The Labute approximate surface area is 231 Å². The van der Waals surface area contributed by atoms with Crippen LogP contribution in [0.15, 0.2) is 69.5 Å². The van der Waals surface area contributed by atoms with Gasteiger partial charge in [0.25, 0.3) is 5.91 Å². The van der Waals surface area contributed by atoms with E-state index in [4.69, 9.17) is 9.47 Å². The summed E-state index contributed by atoms with van der Waals surface area (Å²) in [4.78, 5) is 41.2. The van der Waals surface area contributed by atoms with E-state index in [0.717, 1.165) is 53.8 Å². The Bertz CT molecular complexity index is 1300. The molecule has 7 nitrogen and oxygen atoms in total. The smallest absolute Gasteiger partial charge is 0.262 e. The van der Waals surface area contributed by atoms with Crippen LogP contribution < -0.4 is 14.8 Å². The summed E-state index contributed by atoms with van der Waals surface area (Å²) in [7, 11) is 1.98. The molecule has 2 aliphatic carbocycles. The summed E-state index contributed by atoms with van der Waals surface area (Å²) in [6.07, 6.45) is 4.23. The van der Waals surface area contributed by atoms with Gasteiger partial charge in [0, 0.05) is 54.0 Å². The Morgan fingerprint density at radius 3 is 2.21 bits per heavy atom. The maximum atomic E-state index is 13.3. The van der Waals surface area contributed by atoms with E-state index in [9.17, 15) is 14.4 Å². The molecule has 2 aromatic rings. The molecule has 0 saturated heterocycles. The highest BCUT2D eigenvalue weighted by atomic mass is 79.9. The zero-order valence-corrected chi connectivity index (χ0v) is 23.2. The topological polar surface area (TPSA) is 84.9 Å². The summed E-state index contributed by atoms with van der Waals surface area (Å²) in [5.74, 6) is 0.317. The minimum atomic E-state index is -0.442. The average molecular weight is 579 g/mol. The van der Waals surface area contributed by atoms with Gasteiger partial charge < -0.3 is 19.7 Å². The van der Waals surface area contributed by atoms with E-state index in [1.165, 1.54) is 0 Å². The highest BCUT2D eigenvalue weighted by Gasteiger charge is 2.42. The first kappa shape index (κ1) is 26.2. The molecule has 0 spiro atoms. The molecule has 198 valence electrons. The van der Waals surface area contributed by atoms with Crippen molar-refractivity contribution in [1.29, 1.82) is 0 Å². The Kier molecular flexibility index (Phi) is 7.70. The second kappa shape index (κ2) is 11.2. The van der Waals surface area contributed by atoms with Gasteiger partial charge in [-0.2, -0.15) is 0 Å². The molecule has 5 rings (SSSR count). The fourth-order valence-corrected chi connectivity index (χ4v) is 6.27. The molecule has 0 saturated carbocycles. The van der Waals surface area contributed by atoms with Gasteiger partial charge in [0.15, 0.2) is 29.7 Å². The molecule has 0 atom stereocenters. The quantitative estimate of drug-likeness (QED) is 0.439. The van der Waals surface area contributed by atoms with Gasteiger partial charge in [-0.05, 0) is 78.4 Å². The van der Waals surface area contributed by atoms with Crippen molar-refractivity contribution in [3.63, 3.8) is 0 Å². The molecular formula is C30H31BrN2O5. The molecule has 0 bridgehead atoms. The molecule has 1 aliphatic heterocycles. The molecule has 1 N–H and O–H groups in total. The van der Waals surface area contributed by atoms with Crippen LogP contribution in [0.4, 0.5) is 5.69 Å². The van der Waals surface area contributed by atoms with Crippen LogP contribution in [-0.4, -0.2) is 42.6 Å². The van der Waals surface area contributed by atoms with E-state index in [1.54, 1.807) is 12.1 Å². The molecule has 1 heterocycles. The van der Waals surface area contributed by atoms with Gasteiger partial charge >= 0.3 is 0 Å². The third-order valence-electron chi connectivity index (χ3n) is 7.31. The number of carbonyl (C=O) groups excluding carboxylic acids is 3. The number of rotatable bonds is 7. The predicted octanol–water partition coefficient (Wildman–Crippen LogP) is 5.91. The number of hydrogen-bond acceptors (Lipinski definition) is 6. The third-order valence-corrected chi connectivity index (χ3v) is 7.90. The van der Waals surface area contributed by atoms with Crippen LogP contribution in [0.1, 0.15) is 56.9 Å². The van der Waals surface area contributed by atoms with Gasteiger partial charge in [0.05, 0.1) is 11.1 Å². The zero-order chi connectivity index (χ0) is 26.8. The van der Waals surface area contributed by atoms with Gasteiger partial charge in [-0.25, -0.2) is 0 Å². The van der Waals surface area contributed by atoms with Crippen LogP contribution in [-0.2, 0) is 14.4 Å². The minimum absolute atomic E-state index is 0.0972. The van der Waals surface area contributed by atoms with Gasteiger partial charge in [-0.3, -0.25) is 14.4 Å². The van der Waals surface area contributed by atoms with E-state index < -0.39 is 5.92 Å². The lowest BCUT2D eigenvalue weighted by Crippen LogP contribution is -2.37. The van der Waals surface area contributed by atoms with Crippen LogP contribution in [0.2, 0.25) is 0 Å². The van der Waals surface area contributed by atoms with Crippen molar-refractivity contribution in [2.24, 2.45) is 0 Å². The van der Waals surface area contributed by atoms with E-state index in [0.29, 0.717) is 41.1 Å². The number of ether oxygens (including phenoxy) is 2. The number of Topliss-reactive ketones (excluding diaryl/α,β-unsaturated/α-hetero) is 2. The number of carbonyl (C=O) groups is 3. The van der Waals surface area contributed by atoms with Crippen molar-refractivity contribution in [1.82, 2.24) is 4.90 Å². The fraction of sp³-hybridized carbons (Fsp3) is 0.367. The van der Waals surface area contributed by atoms with Gasteiger partial charge in [0.2, 0.25) is 0 Å². The largest absolute Gasteiger partial charge is 0.490 e. The molecule has 3 aliphatic rings. The number of ketones is 2. The van der Waals surface area contributed by atoms with Gasteiger partial charge in [0.1, 0.15) is 0 Å². The molecule has 38 heavy (non-hydrogen) atoms. The number of para-hydroxylation sites is 1. The van der Waals surface area contributed by atoms with Crippen molar-refractivity contribution in [2.75, 3.05) is 25.6 Å². The average Bonchev–Trinajstić information content (AvgIpc) is 2.90. The number of nitrogens with one attached hydrogen (secondary N) is 1. The number of anilines is 1. The first-order valence-electron chi connectivity index (χ1n) is 13.1. The molecule has 1 amide bonds. The molecule has 0 aromatic heterocycles. The summed E-state index contributed by atoms with van der Waals surface area (Å²) in [5.41, 5.74) is 4.97. The van der Waals surface area contributed by atoms with Gasteiger partial charge in [-0.15, -0.1) is 0 Å². The van der Waals surface area contributed by atoms with Crippen molar-refractivity contribution in [3.8, 4) is 11.5 Å². The molecule has 0 fully saturated rings. The maximum absolute atomic E-state index is 13.3. The Hall–Kier alpha value is -3.39. The first-order valence-corrected chi connectivity index (χ1v) is 13.9. The van der Waals surface area contributed by atoms with Crippen molar-refractivity contribution in [2.45, 2.75) is 51.4 Å². The second-order valence-corrected chi connectivity index (χ2v) is 10.6. The second-order valence-electron chi connectivity index (χ2n) is 9.73. The van der Waals surface area contributed by atoms with Crippen molar-refractivity contribution < 1.29 is 23.9 Å². The third kappa shape index (κ3) is 5.01. The molecule has 0 radical (unpaired) electrons. The molecule has 2 aromatic carbocycles. The van der Waals surface area contributed by atoms with E-state index in [2.05, 4.69) is 26.1 Å². The van der Waals surface area contributed by atoms with Crippen LogP contribution in [0, 0.1) is 0 Å². The van der Waals surface area contributed by atoms with Gasteiger partial charge in [-0.1, -0.05) is 18.2 Å². The lowest BCUT2D eigenvalue weighted by molar-refractivity contribution is -0.118. The summed E-state index contributed by atoms with van der Waals surface area (Å²) in [6, 6.07) is 12.9. The summed E-state index contributed by atoms with van der Waals surface area (Å²) in [5, 5.41) is 2.81. The Morgan fingerprint density at radius 1 is 0.974 bits per heavy atom. The number of benzene rings is 2. The standard InChI is InChI=1S/C30H31BrN2O5/c1-3-37-25-16-18(15-20(31)30(25)38-17-26(36)32-19-9-5-4-6-10-19)27-28-21(11-7-13-23(28)34)33(2)22-12-8-14-24(35)29(22)27/h4-6,9-10,15-16,27H,3,7-8,11-14,17H2,1-2H3,(H,32,36). The summed E-state index contributed by atoms with van der Waals surface area (Å²) in [6.45, 7) is 2.05. The monoisotopic (exact) mass is 578 g/mol. The first-order chi connectivity index (χ1) is 18.4. The molecule has 8 heteroatoms. The normalized spacial score (nSPS) is 17.8. The van der Waals surface area contributed by atoms with E-state index in [-0.39, 0.29) is 24.1 Å². The van der Waals surface area contributed by atoms with Crippen molar-refractivity contribution in [3.05, 3.63) is 75.0 Å². The van der Waals surface area contributed by atoms with Crippen molar-refractivity contribution >= 4 is 39.1 Å². The summed E-state index contributed by atoms with van der Waals surface area (Å²) < 4.78 is 12.5. The number of hydrogen-bond donors (Lipinski definition) is 1. The lowest BCUT2D eigenvalue weighted by atomic mass is 9.71.